The van der Waals surface area contributed by atoms with E-state index >= 15 is 0 Å². The van der Waals surface area contributed by atoms with Crippen LogP contribution in [-0.4, -0.2) is 36.0 Å². The molecule has 1 rings (SSSR count). The summed E-state index contributed by atoms with van der Waals surface area (Å²) in [5.41, 5.74) is -1.63. The molecule has 0 aliphatic heterocycles. The van der Waals surface area contributed by atoms with Crippen LogP contribution in [0.5, 0.6) is 5.75 Å². The van der Waals surface area contributed by atoms with Crippen molar-refractivity contribution in [1.29, 1.82) is 0 Å². The minimum atomic E-state index is -6.69. The normalized spacial score (nSPS) is 12.7. The van der Waals surface area contributed by atoms with Crippen molar-refractivity contribution < 1.29 is 45.2 Å². The molecule has 0 atom stereocenters. The maximum Gasteiger partial charge on any atom is 0.460 e. The highest BCUT2D eigenvalue weighted by atomic mass is 19.4. The second-order valence-corrected chi connectivity index (χ2v) is 4.24. The number of nitro benzene ring substituents is 1. The van der Waals surface area contributed by atoms with Crippen molar-refractivity contribution in [3.05, 3.63) is 28.3 Å². The maximum absolute atomic E-state index is 13.2. The molecular formula is C11H7F7N2O4. The molecule has 0 unspecified atom stereocenters. The van der Waals surface area contributed by atoms with E-state index in [-0.39, 0.29) is 0 Å². The number of carbonyl (C=O) groups is 1. The van der Waals surface area contributed by atoms with Crippen LogP contribution in [0.2, 0.25) is 0 Å². The molecule has 24 heavy (non-hydrogen) atoms. The van der Waals surface area contributed by atoms with Gasteiger partial charge in [0.05, 0.1) is 17.7 Å². The zero-order valence-electron chi connectivity index (χ0n) is 11.5. The second kappa shape index (κ2) is 6.13. The van der Waals surface area contributed by atoms with Crippen LogP contribution in [0.15, 0.2) is 18.2 Å². The number of hydrogen-bond acceptors (Lipinski definition) is 4. The highest BCUT2D eigenvalue weighted by Gasteiger charge is 2.76. The highest BCUT2D eigenvalue weighted by Crippen LogP contribution is 2.47. The molecule has 1 N–H and O–H groups in total. The van der Waals surface area contributed by atoms with Crippen LogP contribution in [0.3, 0.4) is 0 Å². The zero-order valence-corrected chi connectivity index (χ0v) is 11.5. The zero-order chi connectivity index (χ0) is 18.9. The fourth-order valence-electron chi connectivity index (χ4n) is 1.43. The quantitative estimate of drug-likeness (QED) is 0.493. The molecule has 1 aromatic carbocycles. The topological polar surface area (TPSA) is 81.5 Å². The fourth-order valence-corrected chi connectivity index (χ4v) is 1.43. The molecule has 0 heterocycles. The first-order chi connectivity index (χ1) is 10.8. The molecule has 0 bridgehead atoms. The molecule has 0 aromatic heterocycles. The molecule has 0 aliphatic carbocycles. The highest BCUT2D eigenvalue weighted by molar-refractivity contribution is 5.98. The van der Waals surface area contributed by atoms with Crippen molar-refractivity contribution >= 4 is 17.3 Å². The molecule has 0 saturated heterocycles. The minimum absolute atomic E-state index is 0.457. The standard InChI is InChI=1S/C11H7F7N2O4/c1-24-7-3-2-5(20(22)23)4-6(7)19-8(21)9(12,13)10(14,15)11(16,17)18/h2-4H,1H3,(H,19,21). The van der Waals surface area contributed by atoms with Gasteiger partial charge in [0.25, 0.3) is 5.69 Å². The number of methoxy groups -OCH3 is 1. The van der Waals surface area contributed by atoms with Gasteiger partial charge >= 0.3 is 23.9 Å². The smallest absolute Gasteiger partial charge is 0.460 e. The van der Waals surface area contributed by atoms with Gasteiger partial charge in [0.15, 0.2) is 0 Å². The van der Waals surface area contributed by atoms with Gasteiger partial charge in [-0.05, 0) is 6.07 Å². The van der Waals surface area contributed by atoms with Crippen LogP contribution in [0.25, 0.3) is 0 Å². The summed E-state index contributed by atoms with van der Waals surface area (Å²) in [4.78, 5) is 20.8. The molecule has 0 radical (unpaired) electrons. The molecule has 0 saturated carbocycles. The average molecular weight is 364 g/mol. The Hall–Kier alpha value is -2.60. The van der Waals surface area contributed by atoms with Crippen LogP contribution in [0.4, 0.5) is 42.1 Å². The first kappa shape index (κ1) is 19.4. The molecule has 134 valence electrons. The lowest BCUT2D eigenvalue weighted by Gasteiger charge is -2.27. The third-order valence-corrected chi connectivity index (χ3v) is 2.68. The summed E-state index contributed by atoms with van der Waals surface area (Å²) in [7, 11) is 0.944. The number of alkyl halides is 7. The molecule has 0 fully saturated rings. The summed E-state index contributed by atoms with van der Waals surface area (Å²) in [6, 6.07) is 2.11. The van der Waals surface area contributed by atoms with Gasteiger partial charge in [0, 0.05) is 12.1 Å². The van der Waals surface area contributed by atoms with Crippen LogP contribution < -0.4 is 10.1 Å². The number of benzene rings is 1. The van der Waals surface area contributed by atoms with Gasteiger partial charge < -0.3 is 10.1 Å². The van der Waals surface area contributed by atoms with E-state index in [2.05, 4.69) is 4.74 Å². The lowest BCUT2D eigenvalue weighted by atomic mass is 10.1. The summed E-state index contributed by atoms with van der Waals surface area (Å²) >= 11 is 0. The first-order valence-electron chi connectivity index (χ1n) is 5.72. The van der Waals surface area contributed by atoms with Gasteiger partial charge in [-0.3, -0.25) is 14.9 Å². The van der Waals surface area contributed by atoms with Crippen molar-refractivity contribution in [3.8, 4) is 5.75 Å². The van der Waals surface area contributed by atoms with E-state index < -0.39 is 46.0 Å². The Labute approximate surface area is 128 Å². The number of carbonyl (C=O) groups excluding carboxylic acids is 1. The first-order valence-corrected chi connectivity index (χ1v) is 5.72. The number of non-ortho nitro benzene ring substituents is 1. The van der Waals surface area contributed by atoms with Gasteiger partial charge in [0.1, 0.15) is 5.75 Å². The number of amides is 1. The van der Waals surface area contributed by atoms with Crippen LogP contribution >= 0.6 is 0 Å². The van der Waals surface area contributed by atoms with Crippen molar-refractivity contribution in [2.45, 2.75) is 18.0 Å². The Morgan fingerprint density at radius 2 is 1.71 bits per heavy atom. The minimum Gasteiger partial charge on any atom is -0.495 e. The predicted molar refractivity (Wildman–Crippen MR) is 64.2 cm³/mol. The maximum atomic E-state index is 13.2. The van der Waals surface area contributed by atoms with E-state index in [1.807, 2.05) is 0 Å². The van der Waals surface area contributed by atoms with Crippen molar-refractivity contribution in [2.75, 3.05) is 12.4 Å². The Kier molecular flexibility index (Phi) is 4.96. The summed E-state index contributed by atoms with van der Waals surface area (Å²) in [6.45, 7) is 0. The summed E-state index contributed by atoms with van der Waals surface area (Å²) in [5, 5.41) is 11.6. The molecule has 1 aromatic rings. The summed E-state index contributed by atoms with van der Waals surface area (Å²) < 4.78 is 92.6. The van der Waals surface area contributed by atoms with Crippen molar-refractivity contribution in [1.82, 2.24) is 0 Å². The van der Waals surface area contributed by atoms with Gasteiger partial charge in [-0.1, -0.05) is 0 Å². The van der Waals surface area contributed by atoms with E-state index in [4.69, 9.17) is 0 Å². The van der Waals surface area contributed by atoms with Gasteiger partial charge in [0.2, 0.25) is 0 Å². The molecule has 0 aliphatic rings. The third-order valence-electron chi connectivity index (χ3n) is 2.68. The fraction of sp³-hybridized carbons (Fsp3) is 0.364. The number of hydrogen-bond donors (Lipinski definition) is 1. The molecule has 6 nitrogen and oxygen atoms in total. The van der Waals surface area contributed by atoms with Gasteiger partial charge in [-0.15, -0.1) is 0 Å². The number of ether oxygens (including phenoxy) is 1. The predicted octanol–water partition coefficient (Wildman–Crippen LogP) is 3.37. The summed E-state index contributed by atoms with van der Waals surface area (Å²) in [5.74, 6) is -16.3. The van der Waals surface area contributed by atoms with E-state index in [1.165, 1.54) is 0 Å². The van der Waals surface area contributed by atoms with Crippen LogP contribution in [0.1, 0.15) is 0 Å². The molecule has 13 heteroatoms. The van der Waals surface area contributed by atoms with Gasteiger partial charge in [-0.2, -0.15) is 30.7 Å². The van der Waals surface area contributed by atoms with Gasteiger partial charge in [-0.25, -0.2) is 0 Å². The van der Waals surface area contributed by atoms with E-state index in [9.17, 15) is 45.6 Å². The average Bonchev–Trinajstić information content (AvgIpc) is 2.45. The SMILES string of the molecule is COc1ccc([N+](=O)[O-])cc1NC(=O)C(F)(F)C(F)(F)C(F)(F)F. The van der Waals surface area contributed by atoms with Crippen molar-refractivity contribution in [2.24, 2.45) is 0 Å². The Morgan fingerprint density at radius 3 is 2.12 bits per heavy atom. The third kappa shape index (κ3) is 3.33. The lowest BCUT2D eigenvalue weighted by molar-refractivity contribution is -0.384. The number of halogens is 7. The monoisotopic (exact) mass is 364 g/mol. The van der Waals surface area contributed by atoms with Crippen molar-refractivity contribution in [3.63, 3.8) is 0 Å². The van der Waals surface area contributed by atoms with E-state index in [0.29, 0.717) is 6.07 Å². The molecule has 0 spiro atoms. The Balaban J connectivity index is 3.23. The number of nitro groups is 1. The Bertz CT molecular complexity index is 660. The van der Waals surface area contributed by atoms with E-state index in [0.717, 1.165) is 24.6 Å². The second-order valence-electron chi connectivity index (χ2n) is 4.24. The number of anilines is 1. The van der Waals surface area contributed by atoms with E-state index in [1.54, 1.807) is 0 Å². The molecular weight excluding hydrogens is 357 g/mol. The number of nitrogens with zero attached hydrogens (tertiary/aromatic N) is 1. The largest absolute Gasteiger partial charge is 0.495 e. The Morgan fingerprint density at radius 1 is 1.17 bits per heavy atom. The summed E-state index contributed by atoms with van der Waals surface area (Å²) in [6.07, 6.45) is -6.69. The van der Waals surface area contributed by atoms with Crippen LogP contribution in [0, 0.1) is 10.1 Å². The lowest BCUT2D eigenvalue weighted by Crippen LogP contribution is -2.57. The number of nitrogens with one attached hydrogen (secondary N) is 1. The number of rotatable bonds is 5. The van der Waals surface area contributed by atoms with Crippen LogP contribution in [-0.2, 0) is 4.79 Å². The molecule has 1 amide bonds.